The smallest absolute Gasteiger partial charge is 0.172 e. The molecule has 1 aliphatic rings. The molecule has 2 heterocycles. The molecule has 1 aromatic heterocycles. The van der Waals surface area contributed by atoms with Crippen molar-refractivity contribution in [2.75, 3.05) is 13.2 Å². The summed E-state index contributed by atoms with van der Waals surface area (Å²) in [6, 6.07) is 4.71. The molecule has 0 unspecified atom stereocenters. The Morgan fingerprint density at radius 3 is 2.72 bits per heavy atom. The average molecular weight is 248 g/mol. The molecule has 0 saturated carbocycles. The topological polar surface area (TPSA) is 83.2 Å². The second kappa shape index (κ2) is 3.57. The lowest BCUT2D eigenvalue weighted by Gasteiger charge is -2.02. The summed E-state index contributed by atoms with van der Waals surface area (Å²) < 4.78 is 10.7. The molecule has 3 rings (SSSR count). The van der Waals surface area contributed by atoms with Crippen molar-refractivity contribution in [3.8, 4) is 5.75 Å². The fourth-order valence-corrected chi connectivity index (χ4v) is 1.98. The minimum Gasteiger partial charge on any atom is -0.507 e. The van der Waals surface area contributed by atoms with E-state index in [4.69, 9.17) is 9.15 Å². The number of phenolic OH excluding ortho intramolecular Hbond substituents is 1. The molecule has 1 aromatic carbocycles. The van der Waals surface area contributed by atoms with Crippen molar-refractivity contribution in [3.05, 3.63) is 29.5 Å². The van der Waals surface area contributed by atoms with Gasteiger partial charge in [0.25, 0.3) is 0 Å². The standard InChI is InChI=1S/C13H12O5/c1-7(15)9-2-8-3-12(13(5-14)6-17-13)18-11(8)4-10(9)16/h2-4,14,16H,5-6H2,1H3/t13-/m1/s1. The Morgan fingerprint density at radius 2 is 2.17 bits per heavy atom. The second-order valence-corrected chi connectivity index (χ2v) is 4.52. The molecular formula is C13H12O5. The molecule has 0 bridgehead atoms. The summed E-state index contributed by atoms with van der Waals surface area (Å²) in [7, 11) is 0. The first-order chi connectivity index (χ1) is 8.55. The number of carbonyl (C=O) groups excluding carboxylic acids is 1. The first-order valence-electron chi connectivity index (χ1n) is 5.58. The monoisotopic (exact) mass is 248 g/mol. The van der Waals surface area contributed by atoms with Gasteiger partial charge in [0.2, 0.25) is 0 Å². The molecule has 18 heavy (non-hydrogen) atoms. The van der Waals surface area contributed by atoms with Gasteiger partial charge in [0, 0.05) is 11.5 Å². The van der Waals surface area contributed by atoms with Gasteiger partial charge in [-0.15, -0.1) is 0 Å². The van der Waals surface area contributed by atoms with Gasteiger partial charge in [0.05, 0.1) is 18.8 Å². The van der Waals surface area contributed by atoms with Crippen LogP contribution in [0.25, 0.3) is 11.0 Å². The summed E-state index contributed by atoms with van der Waals surface area (Å²) in [5, 5.41) is 19.7. The van der Waals surface area contributed by atoms with E-state index in [1.807, 2.05) is 0 Å². The van der Waals surface area contributed by atoms with Gasteiger partial charge in [0.15, 0.2) is 11.4 Å². The van der Waals surface area contributed by atoms with Crippen LogP contribution in [0.15, 0.2) is 22.6 Å². The van der Waals surface area contributed by atoms with Crippen molar-refractivity contribution in [1.29, 1.82) is 0 Å². The van der Waals surface area contributed by atoms with Gasteiger partial charge in [-0.2, -0.15) is 0 Å². The summed E-state index contributed by atoms with van der Waals surface area (Å²) in [5.41, 5.74) is -0.0224. The summed E-state index contributed by atoms with van der Waals surface area (Å²) in [4.78, 5) is 11.3. The third-order valence-electron chi connectivity index (χ3n) is 3.21. The van der Waals surface area contributed by atoms with Crippen LogP contribution < -0.4 is 0 Å². The molecule has 1 aliphatic heterocycles. The Bertz CT molecular complexity index is 636. The number of hydrogen-bond donors (Lipinski definition) is 2. The lowest BCUT2D eigenvalue weighted by atomic mass is 10.1. The van der Waals surface area contributed by atoms with Gasteiger partial charge >= 0.3 is 0 Å². The summed E-state index contributed by atoms with van der Waals surface area (Å²) in [6.07, 6.45) is 0. The highest BCUT2D eigenvalue weighted by atomic mass is 16.6. The summed E-state index contributed by atoms with van der Waals surface area (Å²) >= 11 is 0. The van der Waals surface area contributed by atoms with Crippen LogP contribution in [0, 0.1) is 0 Å². The zero-order chi connectivity index (χ0) is 12.9. The molecule has 1 atom stereocenters. The van der Waals surface area contributed by atoms with E-state index < -0.39 is 5.60 Å². The zero-order valence-corrected chi connectivity index (χ0v) is 9.77. The van der Waals surface area contributed by atoms with Gasteiger partial charge in [-0.3, -0.25) is 4.79 Å². The number of epoxide rings is 1. The van der Waals surface area contributed by atoms with E-state index in [0.29, 0.717) is 23.3 Å². The molecule has 0 amide bonds. The average Bonchev–Trinajstić information content (AvgIpc) is 3.02. The van der Waals surface area contributed by atoms with Crippen LogP contribution in [-0.4, -0.2) is 29.2 Å². The lowest BCUT2D eigenvalue weighted by Crippen LogP contribution is -2.12. The zero-order valence-electron chi connectivity index (χ0n) is 9.77. The maximum atomic E-state index is 11.3. The third kappa shape index (κ3) is 1.52. The van der Waals surface area contributed by atoms with E-state index in [1.54, 1.807) is 12.1 Å². The number of furan rings is 1. The Hall–Kier alpha value is -1.85. The van der Waals surface area contributed by atoms with E-state index in [2.05, 4.69) is 0 Å². The number of phenols is 1. The molecule has 2 N–H and O–H groups in total. The Labute approximate surface area is 103 Å². The number of hydrogen-bond acceptors (Lipinski definition) is 5. The molecule has 94 valence electrons. The molecule has 1 fully saturated rings. The first-order valence-corrected chi connectivity index (χ1v) is 5.58. The van der Waals surface area contributed by atoms with E-state index in [1.165, 1.54) is 13.0 Å². The predicted molar refractivity (Wildman–Crippen MR) is 62.6 cm³/mol. The van der Waals surface area contributed by atoms with Gasteiger partial charge < -0.3 is 19.4 Å². The van der Waals surface area contributed by atoms with Crippen LogP contribution in [0.2, 0.25) is 0 Å². The third-order valence-corrected chi connectivity index (χ3v) is 3.21. The molecule has 0 radical (unpaired) electrons. The van der Waals surface area contributed by atoms with Crippen LogP contribution in [0.1, 0.15) is 23.0 Å². The molecule has 5 heteroatoms. The minimum atomic E-state index is -0.745. The van der Waals surface area contributed by atoms with Crippen LogP contribution in [0.5, 0.6) is 5.75 Å². The fourth-order valence-electron chi connectivity index (χ4n) is 1.98. The number of fused-ring (bicyclic) bond motifs is 1. The number of ketones is 1. The minimum absolute atomic E-state index is 0.106. The van der Waals surface area contributed by atoms with Gasteiger partial charge in [-0.05, 0) is 19.1 Å². The van der Waals surface area contributed by atoms with Crippen molar-refractivity contribution in [2.24, 2.45) is 0 Å². The van der Waals surface area contributed by atoms with E-state index in [0.717, 1.165) is 0 Å². The number of ether oxygens (including phenoxy) is 1. The van der Waals surface area contributed by atoms with E-state index in [-0.39, 0.29) is 23.7 Å². The highest BCUT2D eigenvalue weighted by Crippen LogP contribution is 2.41. The van der Waals surface area contributed by atoms with Crippen LogP contribution in [0.4, 0.5) is 0 Å². The number of rotatable bonds is 3. The number of carbonyl (C=O) groups is 1. The highest BCUT2D eigenvalue weighted by Gasteiger charge is 2.49. The Balaban J connectivity index is 2.15. The Morgan fingerprint density at radius 1 is 1.44 bits per heavy atom. The summed E-state index contributed by atoms with van der Waals surface area (Å²) in [6.45, 7) is 1.65. The lowest BCUT2D eigenvalue weighted by molar-refractivity contribution is 0.101. The SMILES string of the molecule is CC(=O)c1cc2cc([C@@]3(CO)CO3)oc2cc1O. The van der Waals surface area contributed by atoms with Gasteiger partial charge in [-0.25, -0.2) is 0 Å². The molecular weight excluding hydrogens is 236 g/mol. The van der Waals surface area contributed by atoms with Crippen LogP contribution in [0.3, 0.4) is 0 Å². The quantitative estimate of drug-likeness (QED) is 0.636. The number of aromatic hydroxyl groups is 1. The molecule has 5 nitrogen and oxygen atoms in total. The fraction of sp³-hybridized carbons (Fsp3) is 0.308. The van der Waals surface area contributed by atoms with Crippen LogP contribution >= 0.6 is 0 Å². The normalized spacial score (nSPS) is 22.3. The highest BCUT2D eigenvalue weighted by molar-refractivity contribution is 6.00. The van der Waals surface area contributed by atoms with E-state index >= 15 is 0 Å². The van der Waals surface area contributed by atoms with Crippen molar-refractivity contribution < 1.29 is 24.2 Å². The second-order valence-electron chi connectivity index (χ2n) is 4.52. The molecule has 0 aliphatic carbocycles. The molecule has 1 saturated heterocycles. The van der Waals surface area contributed by atoms with Gasteiger partial charge in [0.1, 0.15) is 17.1 Å². The number of benzene rings is 1. The maximum absolute atomic E-state index is 11.3. The van der Waals surface area contributed by atoms with Crippen molar-refractivity contribution in [2.45, 2.75) is 12.5 Å². The van der Waals surface area contributed by atoms with Crippen molar-refractivity contribution >= 4 is 16.8 Å². The number of aliphatic hydroxyl groups is 1. The Kier molecular flexibility index (Phi) is 2.23. The van der Waals surface area contributed by atoms with E-state index in [9.17, 15) is 15.0 Å². The maximum Gasteiger partial charge on any atom is 0.172 e. The molecule has 2 aromatic rings. The summed E-state index contributed by atoms with van der Waals surface area (Å²) in [5.74, 6) is 0.197. The predicted octanol–water partition coefficient (Wildman–Crippen LogP) is 1.56. The van der Waals surface area contributed by atoms with Gasteiger partial charge in [-0.1, -0.05) is 0 Å². The molecule has 0 spiro atoms. The number of aliphatic hydroxyl groups excluding tert-OH is 1. The van der Waals surface area contributed by atoms with Crippen LogP contribution in [-0.2, 0) is 10.3 Å². The van der Waals surface area contributed by atoms with Crippen molar-refractivity contribution in [3.63, 3.8) is 0 Å². The largest absolute Gasteiger partial charge is 0.507 e. The number of Topliss-reactive ketones (excluding diaryl/α,β-unsaturated/α-hetero) is 1. The first kappa shape index (κ1) is 11.3. The van der Waals surface area contributed by atoms with Crippen molar-refractivity contribution in [1.82, 2.24) is 0 Å².